The van der Waals surface area contributed by atoms with Crippen molar-refractivity contribution in [3.8, 4) is 5.75 Å². The van der Waals surface area contributed by atoms with Gasteiger partial charge < -0.3 is 9.64 Å². The molecule has 3 nitrogen and oxygen atoms in total. The first-order valence-electron chi connectivity index (χ1n) is 6.09. The summed E-state index contributed by atoms with van der Waals surface area (Å²) in [6, 6.07) is 7.91. The molecule has 0 spiro atoms. The van der Waals surface area contributed by atoms with E-state index in [-0.39, 0.29) is 5.91 Å². The molecule has 1 aliphatic rings. The highest BCUT2D eigenvalue weighted by Gasteiger charge is 2.22. The van der Waals surface area contributed by atoms with Crippen LogP contribution < -0.4 is 4.74 Å². The highest BCUT2D eigenvalue weighted by molar-refractivity contribution is 5.77. The van der Waals surface area contributed by atoms with Gasteiger partial charge in [-0.1, -0.05) is 19.1 Å². The molecule has 1 aromatic rings. The van der Waals surface area contributed by atoms with Gasteiger partial charge in [-0.25, -0.2) is 0 Å². The topological polar surface area (TPSA) is 29.5 Å². The Kier molecular flexibility index (Phi) is 3.67. The van der Waals surface area contributed by atoms with Crippen LogP contribution in [0.15, 0.2) is 24.3 Å². The molecule has 0 radical (unpaired) electrons. The lowest BCUT2D eigenvalue weighted by Crippen LogP contribution is -2.37. The summed E-state index contributed by atoms with van der Waals surface area (Å²) in [5, 5.41) is 0. The molecule has 92 valence electrons. The highest BCUT2D eigenvalue weighted by atomic mass is 16.5. The number of likely N-dealkylation sites (tertiary alicyclic amines) is 1. The van der Waals surface area contributed by atoms with Gasteiger partial charge in [-0.2, -0.15) is 0 Å². The van der Waals surface area contributed by atoms with E-state index in [1.807, 2.05) is 29.2 Å². The molecular formula is C14H19NO2. The molecule has 0 saturated carbocycles. The number of hydrogen-bond acceptors (Lipinski definition) is 2. The molecule has 0 aromatic heterocycles. The molecule has 1 aliphatic heterocycles. The van der Waals surface area contributed by atoms with Crippen LogP contribution in [0.1, 0.15) is 25.3 Å². The largest absolute Gasteiger partial charge is 0.497 e. The lowest BCUT2D eigenvalue weighted by molar-refractivity contribution is -0.135. The summed E-state index contributed by atoms with van der Waals surface area (Å²) >= 11 is 0. The smallest absolute Gasteiger partial charge is 0.223 e. The van der Waals surface area contributed by atoms with E-state index in [1.165, 1.54) is 0 Å². The maximum atomic E-state index is 11.8. The van der Waals surface area contributed by atoms with Crippen molar-refractivity contribution in [2.24, 2.45) is 5.92 Å². The van der Waals surface area contributed by atoms with Crippen molar-refractivity contribution in [3.63, 3.8) is 0 Å². The Morgan fingerprint density at radius 1 is 1.35 bits per heavy atom. The molecule has 0 bridgehead atoms. The fourth-order valence-electron chi connectivity index (χ4n) is 2.15. The predicted octanol–water partition coefficient (Wildman–Crippen LogP) is 2.45. The summed E-state index contributed by atoms with van der Waals surface area (Å²) in [5.74, 6) is 1.67. The van der Waals surface area contributed by atoms with Gasteiger partial charge in [-0.15, -0.1) is 0 Å². The van der Waals surface area contributed by atoms with Crippen LogP contribution >= 0.6 is 0 Å². The number of benzene rings is 1. The summed E-state index contributed by atoms with van der Waals surface area (Å²) in [6.07, 6.45) is 1.80. The lowest BCUT2D eigenvalue weighted by Gasteiger charge is -2.30. The van der Waals surface area contributed by atoms with Crippen LogP contribution in [0.4, 0.5) is 0 Å². The molecule has 0 aliphatic carbocycles. The van der Waals surface area contributed by atoms with Crippen molar-refractivity contribution in [3.05, 3.63) is 29.8 Å². The first-order chi connectivity index (χ1) is 8.19. The van der Waals surface area contributed by atoms with E-state index in [1.54, 1.807) is 7.11 Å². The van der Waals surface area contributed by atoms with Crippen molar-refractivity contribution in [2.75, 3.05) is 13.7 Å². The Labute approximate surface area is 102 Å². The summed E-state index contributed by atoms with van der Waals surface area (Å²) in [5.41, 5.74) is 1.16. The van der Waals surface area contributed by atoms with Crippen LogP contribution in [0.2, 0.25) is 0 Å². The lowest BCUT2D eigenvalue weighted by atomic mass is 9.98. The quantitative estimate of drug-likeness (QED) is 0.802. The zero-order chi connectivity index (χ0) is 12.3. The maximum absolute atomic E-state index is 11.8. The van der Waals surface area contributed by atoms with Gasteiger partial charge in [0.05, 0.1) is 7.11 Å². The monoisotopic (exact) mass is 233 g/mol. The number of ether oxygens (including phenoxy) is 1. The van der Waals surface area contributed by atoms with Crippen molar-refractivity contribution >= 4 is 5.91 Å². The molecule has 2 rings (SSSR count). The zero-order valence-electron chi connectivity index (χ0n) is 10.5. The Morgan fingerprint density at radius 2 is 2.06 bits per heavy atom. The van der Waals surface area contributed by atoms with Crippen molar-refractivity contribution in [1.82, 2.24) is 4.90 Å². The predicted molar refractivity (Wildman–Crippen MR) is 66.8 cm³/mol. The maximum Gasteiger partial charge on any atom is 0.223 e. The van der Waals surface area contributed by atoms with Gasteiger partial charge in [0.1, 0.15) is 5.75 Å². The molecule has 1 atom stereocenters. The fraction of sp³-hybridized carbons (Fsp3) is 0.500. The van der Waals surface area contributed by atoms with Gasteiger partial charge in [0.15, 0.2) is 0 Å². The van der Waals surface area contributed by atoms with Gasteiger partial charge in [0.2, 0.25) is 5.91 Å². The summed E-state index contributed by atoms with van der Waals surface area (Å²) in [6.45, 7) is 3.74. The number of carbonyl (C=O) groups is 1. The number of carbonyl (C=O) groups excluding carboxylic acids is 1. The Bertz CT molecular complexity index is 386. The van der Waals surface area contributed by atoms with E-state index in [9.17, 15) is 4.79 Å². The third-order valence-electron chi connectivity index (χ3n) is 3.30. The number of methoxy groups -OCH3 is 1. The van der Waals surface area contributed by atoms with E-state index >= 15 is 0 Å². The second kappa shape index (κ2) is 5.21. The third-order valence-corrected chi connectivity index (χ3v) is 3.30. The molecule has 1 aromatic carbocycles. The van der Waals surface area contributed by atoms with Gasteiger partial charge >= 0.3 is 0 Å². The van der Waals surface area contributed by atoms with Gasteiger partial charge in [-0.05, 0) is 30.0 Å². The van der Waals surface area contributed by atoms with Crippen LogP contribution in [0.5, 0.6) is 5.75 Å². The average molecular weight is 233 g/mol. The van der Waals surface area contributed by atoms with Crippen molar-refractivity contribution in [1.29, 1.82) is 0 Å². The van der Waals surface area contributed by atoms with Crippen LogP contribution in [0.25, 0.3) is 0 Å². The van der Waals surface area contributed by atoms with Crippen LogP contribution in [0.3, 0.4) is 0 Å². The second-order valence-corrected chi connectivity index (χ2v) is 4.76. The molecule has 0 unspecified atom stereocenters. The summed E-state index contributed by atoms with van der Waals surface area (Å²) in [7, 11) is 1.66. The highest BCUT2D eigenvalue weighted by Crippen LogP contribution is 2.20. The molecule has 1 fully saturated rings. The van der Waals surface area contributed by atoms with E-state index in [4.69, 9.17) is 4.74 Å². The average Bonchev–Trinajstić information content (AvgIpc) is 2.34. The Morgan fingerprint density at radius 3 is 2.65 bits per heavy atom. The van der Waals surface area contributed by atoms with Crippen LogP contribution in [-0.4, -0.2) is 24.5 Å². The fourth-order valence-corrected chi connectivity index (χ4v) is 2.15. The molecule has 1 heterocycles. The normalized spacial score (nSPS) is 20.5. The van der Waals surface area contributed by atoms with E-state index < -0.39 is 0 Å². The van der Waals surface area contributed by atoms with Crippen molar-refractivity contribution in [2.45, 2.75) is 26.3 Å². The molecule has 0 N–H and O–H groups in total. The van der Waals surface area contributed by atoms with Gasteiger partial charge in [0, 0.05) is 19.5 Å². The molecule has 1 saturated heterocycles. The van der Waals surface area contributed by atoms with E-state index in [0.29, 0.717) is 12.3 Å². The number of hydrogen-bond donors (Lipinski definition) is 0. The summed E-state index contributed by atoms with van der Waals surface area (Å²) < 4.78 is 5.11. The minimum atomic E-state index is 0.277. The molecule has 3 heteroatoms. The minimum absolute atomic E-state index is 0.277. The van der Waals surface area contributed by atoms with Crippen LogP contribution in [0, 0.1) is 5.92 Å². The zero-order valence-corrected chi connectivity index (χ0v) is 10.5. The molecule has 1 amide bonds. The number of nitrogens with zero attached hydrogens (tertiary/aromatic N) is 1. The summed E-state index contributed by atoms with van der Waals surface area (Å²) in [4.78, 5) is 13.8. The van der Waals surface area contributed by atoms with Gasteiger partial charge in [-0.3, -0.25) is 4.79 Å². The first-order valence-corrected chi connectivity index (χ1v) is 6.09. The minimum Gasteiger partial charge on any atom is -0.497 e. The third kappa shape index (κ3) is 2.99. The van der Waals surface area contributed by atoms with E-state index in [0.717, 1.165) is 30.8 Å². The number of rotatable bonds is 3. The SMILES string of the molecule is COc1ccc(CN2CC[C@@H](C)CC2=O)cc1. The number of amides is 1. The Hall–Kier alpha value is -1.51. The van der Waals surface area contributed by atoms with Crippen molar-refractivity contribution < 1.29 is 9.53 Å². The van der Waals surface area contributed by atoms with Crippen LogP contribution in [-0.2, 0) is 11.3 Å². The second-order valence-electron chi connectivity index (χ2n) is 4.76. The van der Waals surface area contributed by atoms with Gasteiger partial charge in [0.25, 0.3) is 0 Å². The first kappa shape index (κ1) is 12.0. The Balaban J connectivity index is 1.98. The molecule has 17 heavy (non-hydrogen) atoms. The molecular weight excluding hydrogens is 214 g/mol. The number of piperidine rings is 1. The van der Waals surface area contributed by atoms with E-state index in [2.05, 4.69) is 6.92 Å². The standard InChI is InChI=1S/C14H19NO2/c1-11-7-8-15(14(16)9-11)10-12-3-5-13(17-2)6-4-12/h3-6,11H,7-10H2,1-2H3/t11-/m1/s1.